The Morgan fingerprint density at radius 2 is 2.00 bits per heavy atom. The molecule has 0 aliphatic heterocycles. The second kappa shape index (κ2) is 9.05. The highest BCUT2D eigenvalue weighted by Crippen LogP contribution is 2.12. The van der Waals surface area contributed by atoms with Crippen molar-refractivity contribution in [3.63, 3.8) is 0 Å². The summed E-state index contributed by atoms with van der Waals surface area (Å²) in [5.41, 5.74) is 1.26. The molecular weight excluding hydrogens is 365 g/mol. The standard InChI is InChI=1S/C15H25N3O.HI/c1-15(2,3)18-14(16-4)17-10-9-12-7-6-8-13(11-12)19-5;/h6-8,11H,9-10H2,1-5H3,(H2,16,17,18);1H. The van der Waals surface area contributed by atoms with E-state index in [1.54, 1.807) is 14.2 Å². The molecule has 1 rings (SSSR count). The lowest BCUT2D eigenvalue weighted by Gasteiger charge is -2.23. The van der Waals surface area contributed by atoms with Gasteiger partial charge in [0.1, 0.15) is 5.75 Å². The average Bonchev–Trinajstić information content (AvgIpc) is 2.36. The predicted octanol–water partition coefficient (Wildman–Crippen LogP) is 2.82. The Balaban J connectivity index is 0.00000361. The minimum atomic E-state index is 0. The molecule has 0 unspecified atom stereocenters. The highest BCUT2D eigenvalue weighted by Gasteiger charge is 2.11. The molecule has 0 spiro atoms. The number of ether oxygens (including phenoxy) is 1. The van der Waals surface area contributed by atoms with Gasteiger partial charge in [0.25, 0.3) is 0 Å². The van der Waals surface area contributed by atoms with E-state index in [4.69, 9.17) is 4.74 Å². The maximum Gasteiger partial charge on any atom is 0.191 e. The van der Waals surface area contributed by atoms with Crippen LogP contribution in [0.4, 0.5) is 0 Å². The number of hydrogen-bond donors (Lipinski definition) is 2. The highest BCUT2D eigenvalue weighted by atomic mass is 127. The van der Waals surface area contributed by atoms with Crippen LogP contribution in [-0.4, -0.2) is 32.2 Å². The number of aliphatic imine (C=N–C) groups is 1. The SMILES string of the molecule is CN=C(NCCc1cccc(OC)c1)NC(C)(C)C.I. The minimum Gasteiger partial charge on any atom is -0.497 e. The number of guanidine groups is 1. The fourth-order valence-corrected chi connectivity index (χ4v) is 1.69. The maximum absolute atomic E-state index is 5.21. The summed E-state index contributed by atoms with van der Waals surface area (Å²) in [6, 6.07) is 8.12. The van der Waals surface area contributed by atoms with Gasteiger partial charge in [-0.15, -0.1) is 24.0 Å². The third kappa shape index (κ3) is 7.57. The van der Waals surface area contributed by atoms with E-state index in [1.165, 1.54) is 5.56 Å². The largest absolute Gasteiger partial charge is 0.497 e. The van der Waals surface area contributed by atoms with Gasteiger partial charge >= 0.3 is 0 Å². The molecule has 0 aliphatic rings. The van der Waals surface area contributed by atoms with Crippen molar-refractivity contribution in [1.82, 2.24) is 10.6 Å². The number of nitrogens with zero attached hydrogens (tertiary/aromatic N) is 1. The molecule has 0 heterocycles. The van der Waals surface area contributed by atoms with Crippen molar-refractivity contribution in [2.24, 2.45) is 4.99 Å². The summed E-state index contributed by atoms with van der Waals surface area (Å²) in [7, 11) is 3.47. The first-order chi connectivity index (χ1) is 8.94. The van der Waals surface area contributed by atoms with Crippen LogP contribution in [0.1, 0.15) is 26.3 Å². The molecule has 0 saturated heterocycles. The second-order valence-corrected chi connectivity index (χ2v) is 5.48. The normalized spacial score (nSPS) is 11.6. The first-order valence-electron chi connectivity index (χ1n) is 6.56. The van der Waals surface area contributed by atoms with E-state index in [0.717, 1.165) is 24.7 Å². The molecule has 1 aromatic carbocycles. The van der Waals surface area contributed by atoms with Gasteiger partial charge in [0, 0.05) is 19.1 Å². The second-order valence-electron chi connectivity index (χ2n) is 5.48. The molecule has 0 aromatic heterocycles. The van der Waals surface area contributed by atoms with Gasteiger partial charge in [0.15, 0.2) is 5.96 Å². The van der Waals surface area contributed by atoms with E-state index < -0.39 is 0 Å². The Bertz CT molecular complexity index is 427. The zero-order chi connectivity index (χ0) is 14.3. The molecule has 2 N–H and O–H groups in total. The van der Waals surface area contributed by atoms with Crippen LogP contribution in [0.15, 0.2) is 29.3 Å². The monoisotopic (exact) mass is 391 g/mol. The molecule has 0 atom stereocenters. The summed E-state index contributed by atoms with van der Waals surface area (Å²) in [5.74, 6) is 1.73. The van der Waals surface area contributed by atoms with Gasteiger partial charge in [0.05, 0.1) is 7.11 Å². The Hall–Kier alpha value is -0.980. The van der Waals surface area contributed by atoms with Crippen molar-refractivity contribution in [2.75, 3.05) is 20.7 Å². The Morgan fingerprint density at radius 3 is 2.55 bits per heavy atom. The van der Waals surface area contributed by atoms with E-state index in [1.807, 2.05) is 12.1 Å². The van der Waals surface area contributed by atoms with Crippen LogP contribution in [0, 0.1) is 0 Å². The van der Waals surface area contributed by atoms with E-state index in [2.05, 4.69) is 48.5 Å². The number of halogens is 1. The third-order valence-electron chi connectivity index (χ3n) is 2.56. The molecule has 0 fully saturated rings. The van der Waals surface area contributed by atoms with Crippen molar-refractivity contribution >= 4 is 29.9 Å². The van der Waals surface area contributed by atoms with Crippen LogP contribution >= 0.6 is 24.0 Å². The van der Waals surface area contributed by atoms with Crippen LogP contribution in [0.5, 0.6) is 5.75 Å². The van der Waals surface area contributed by atoms with Crippen molar-refractivity contribution in [3.8, 4) is 5.75 Å². The van der Waals surface area contributed by atoms with Crippen LogP contribution < -0.4 is 15.4 Å². The molecule has 4 nitrogen and oxygen atoms in total. The quantitative estimate of drug-likeness (QED) is 0.472. The summed E-state index contributed by atoms with van der Waals surface area (Å²) in [6.45, 7) is 7.18. The Morgan fingerprint density at radius 1 is 1.30 bits per heavy atom. The van der Waals surface area contributed by atoms with Gasteiger partial charge in [-0.25, -0.2) is 0 Å². The maximum atomic E-state index is 5.21. The molecule has 20 heavy (non-hydrogen) atoms. The van der Waals surface area contributed by atoms with Crippen molar-refractivity contribution < 1.29 is 4.74 Å². The van der Waals surface area contributed by atoms with Gasteiger partial charge in [-0.3, -0.25) is 4.99 Å². The van der Waals surface area contributed by atoms with Gasteiger partial charge < -0.3 is 15.4 Å². The van der Waals surface area contributed by atoms with Crippen molar-refractivity contribution in [1.29, 1.82) is 0 Å². The molecule has 0 saturated carbocycles. The zero-order valence-electron chi connectivity index (χ0n) is 13.0. The predicted molar refractivity (Wildman–Crippen MR) is 96.4 cm³/mol. The molecule has 5 heteroatoms. The number of methoxy groups -OCH3 is 1. The summed E-state index contributed by atoms with van der Waals surface area (Å²) in [6.07, 6.45) is 0.933. The van der Waals surface area contributed by atoms with E-state index >= 15 is 0 Å². The Kier molecular flexibility index (Phi) is 8.60. The van der Waals surface area contributed by atoms with Gasteiger partial charge in [-0.1, -0.05) is 12.1 Å². The molecule has 0 radical (unpaired) electrons. The van der Waals surface area contributed by atoms with Crippen LogP contribution in [0.25, 0.3) is 0 Å². The average molecular weight is 391 g/mol. The number of hydrogen-bond acceptors (Lipinski definition) is 2. The van der Waals surface area contributed by atoms with Gasteiger partial charge in [-0.05, 0) is 44.9 Å². The lowest BCUT2D eigenvalue weighted by Crippen LogP contribution is -2.48. The molecule has 0 aliphatic carbocycles. The summed E-state index contributed by atoms with van der Waals surface area (Å²) < 4.78 is 5.21. The topological polar surface area (TPSA) is 45.7 Å². The van der Waals surface area contributed by atoms with E-state index in [9.17, 15) is 0 Å². The molecular formula is C15H26IN3O. The summed E-state index contributed by atoms with van der Waals surface area (Å²) in [5, 5.41) is 6.64. The lowest BCUT2D eigenvalue weighted by molar-refractivity contribution is 0.414. The Labute approximate surface area is 139 Å². The fraction of sp³-hybridized carbons (Fsp3) is 0.533. The minimum absolute atomic E-state index is 0. The van der Waals surface area contributed by atoms with E-state index in [-0.39, 0.29) is 29.5 Å². The number of benzene rings is 1. The van der Waals surface area contributed by atoms with E-state index in [0.29, 0.717) is 0 Å². The summed E-state index contributed by atoms with van der Waals surface area (Å²) in [4.78, 5) is 4.21. The lowest BCUT2D eigenvalue weighted by atomic mass is 10.1. The first-order valence-corrected chi connectivity index (χ1v) is 6.56. The first kappa shape index (κ1) is 19.0. The summed E-state index contributed by atoms with van der Waals surface area (Å²) >= 11 is 0. The van der Waals surface area contributed by atoms with Crippen LogP contribution in [0.3, 0.4) is 0 Å². The van der Waals surface area contributed by atoms with Crippen LogP contribution in [0.2, 0.25) is 0 Å². The van der Waals surface area contributed by atoms with Gasteiger partial charge in [0.2, 0.25) is 0 Å². The molecule has 0 bridgehead atoms. The molecule has 114 valence electrons. The third-order valence-corrected chi connectivity index (χ3v) is 2.56. The van der Waals surface area contributed by atoms with Crippen LogP contribution in [-0.2, 0) is 6.42 Å². The van der Waals surface area contributed by atoms with Crippen molar-refractivity contribution in [2.45, 2.75) is 32.7 Å². The molecule has 0 amide bonds. The smallest absolute Gasteiger partial charge is 0.191 e. The number of rotatable bonds is 4. The highest BCUT2D eigenvalue weighted by molar-refractivity contribution is 14.0. The molecule has 1 aromatic rings. The van der Waals surface area contributed by atoms with Crippen molar-refractivity contribution in [3.05, 3.63) is 29.8 Å². The fourth-order valence-electron chi connectivity index (χ4n) is 1.69. The zero-order valence-corrected chi connectivity index (χ0v) is 15.3. The van der Waals surface area contributed by atoms with Gasteiger partial charge in [-0.2, -0.15) is 0 Å². The number of nitrogens with one attached hydrogen (secondary N) is 2.